The standard InChI is InChI=1S/C14H19NO2/c1-2-11-5-3-7-14(9-11,10-15)13(16)12-6-4-8-17-12/h4,6,8,11,13,16H,2-3,5,7,9H2,1H3. The summed E-state index contributed by atoms with van der Waals surface area (Å²) in [6, 6.07) is 5.86. The largest absolute Gasteiger partial charge is 0.467 e. The van der Waals surface area contributed by atoms with Gasteiger partial charge in [0, 0.05) is 0 Å². The molecule has 1 aromatic rings. The second kappa shape index (κ2) is 4.93. The Labute approximate surface area is 102 Å². The monoisotopic (exact) mass is 233 g/mol. The number of furan rings is 1. The second-order valence-electron chi connectivity index (χ2n) is 5.06. The molecule has 3 atom stereocenters. The molecule has 2 rings (SSSR count). The van der Waals surface area contributed by atoms with E-state index >= 15 is 0 Å². The van der Waals surface area contributed by atoms with E-state index in [1.807, 2.05) is 0 Å². The SMILES string of the molecule is CCC1CCCC(C#N)(C(O)c2ccco2)C1. The topological polar surface area (TPSA) is 57.2 Å². The predicted molar refractivity (Wildman–Crippen MR) is 64.0 cm³/mol. The molecule has 1 aliphatic carbocycles. The van der Waals surface area contributed by atoms with Gasteiger partial charge in [-0.3, -0.25) is 0 Å². The molecule has 0 aromatic carbocycles. The van der Waals surface area contributed by atoms with Gasteiger partial charge in [0.25, 0.3) is 0 Å². The van der Waals surface area contributed by atoms with E-state index in [0.29, 0.717) is 11.7 Å². The molecule has 0 aliphatic heterocycles. The van der Waals surface area contributed by atoms with Crippen molar-refractivity contribution in [3.8, 4) is 6.07 Å². The molecule has 0 radical (unpaired) electrons. The van der Waals surface area contributed by atoms with Crippen LogP contribution in [0.1, 0.15) is 50.9 Å². The van der Waals surface area contributed by atoms with Crippen molar-refractivity contribution in [1.29, 1.82) is 5.26 Å². The Balaban J connectivity index is 2.22. The van der Waals surface area contributed by atoms with Gasteiger partial charge in [-0.1, -0.05) is 26.2 Å². The molecule has 1 fully saturated rings. The Hall–Kier alpha value is -1.27. The fourth-order valence-electron chi connectivity index (χ4n) is 2.90. The number of hydrogen-bond acceptors (Lipinski definition) is 3. The Morgan fingerprint density at radius 3 is 3.12 bits per heavy atom. The molecule has 1 saturated carbocycles. The van der Waals surface area contributed by atoms with Crippen molar-refractivity contribution in [3.05, 3.63) is 24.2 Å². The van der Waals surface area contributed by atoms with Crippen LogP contribution in [0.15, 0.2) is 22.8 Å². The van der Waals surface area contributed by atoms with Crippen LogP contribution in [0, 0.1) is 22.7 Å². The van der Waals surface area contributed by atoms with E-state index in [2.05, 4.69) is 13.0 Å². The van der Waals surface area contributed by atoms with Crippen LogP contribution in [0.25, 0.3) is 0 Å². The average molecular weight is 233 g/mol. The molecular formula is C14H19NO2. The van der Waals surface area contributed by atoms with Crippen LogP contribution >= 0.6 is 0 Å². The number of nitrogens with zero attached hydrogens (tertiary/aromatic N) is 1. The van der Waals surface area contributed by atoms with Crippen LogP contribution in [0.4, 0.5) is 0 Å². The second-order valence-corrected chi connectivity index (χ2v) is 5.06. The first-order valence-corrected chi connectivity index (χ1v) is 6.34. The Kier molecular flexibility index (Phi) is 3.54. The third-order valence-electron chi connectivity index (χ3n) is 4.02. The highest BCUT2D eigenvalue weighted by Gasteiger charge is 2.44. The summed E-state index contributed by atoms with van der Waals surface area (Å²) in [5, 5.41) is 19.9. The summed E-state index contributed by atoms with van der Waals surface area (Å²) in [6.45, 7) is 2.15. The summed E-state index contributed by atoms with van der Waals surface area (Å²) < 4.78 is 5.24. The molecule has 3 unspecified atom stereocenters. The van der Waals surface area contributed by atoms with Crippen molar-refractivity contribution >= 4 is 0 Å². The molecule has 0 saturated heterocycles. The van der Waals surface area contributed by atoms with E-state index < -0.39 is 11.5 Å². The van der Waals surface area contributed by atoms with E-state index in [1.54, 1.807) is 18.4 Å². The highest BCUT2D eigenvalue weighted by atomic mass is 16.4. The molecule has 1 N–H and O–H groups in total. The summed E-state index contributed by atoms with van der Waals surface area (Å²) in [7, 11) is 0. The van der Waals surface area contributed by atoms with Crippen LogP contribution in [-0.2, 0) is 0 Å². The minimum absolute atomic E-state index is 0.517. The van der Waals surface area contributed by atoms with Crippen molar-refractivity contribution in [3.63, 3.8) is 0 Å². The van der Waals surface area contributed by atoms with Crippen molar-refractivity contribution in [2.75, 3.05) is 0 Å². The summed E-state index contributed by atoms with van der Waals surface area (Å²) in [5.74, 6) is 1.07. The minimum Gasteiger partial charge on any atom is -0.467 e. The van der Waals surface area contributed by atoms with Gasteiger partial charge in [-0.15, -0.1) is 0 Å². The summed E-state index contributed by atoms with van der Waals surface area (Å²) in [4.78, 5) is 0. The minimum atomic E-state index is -0.795. The highest BCUT2D eigenvalue weighted by Crippen LogP contribution is 2.48. The Morgan fingerprint density at radius 1 is 1.71 bits per heavy atom. The zero-order chi connectivity index (χ0) is 12.3. The first-order valence-electron chi connectivity index (χ1n) is 6.34. The summed E-state index contributed by atoms with van der Waals surface area (Å²) in [6.07, 6.45) is 5.56. The lowest BCUT2D eigenvalue weighted by atomic mass is 9.66. The number of aliphatic hydroxyl groups is 1. The lowest BCUT2D eigenvalue weighted by molar-refractivity contribution is 0.00435. The number of nitriles is 1. The third-order valence-corrected chi connectivity index (χ3v) is 4.02. The fraction of sp³-hybridized carbons (Fsp3) is 0.643. The van der Waals surface area contributed by atoms with Crippen LogP contribution in [0.3, 0.4) is 0 Å². The smallest absolute Gasteiger partial charge is 0.133 e. The number of hydrogen-bond donors (Lipinski definition) is 1. The van der Waals surface area contributed by atoms with E-state index in [9.17, 15) is 10.4 Å². The van der Waals surface area contributed by atoms with Crippen LogP contribution < -0.4 is 0 Å². The van der Waals surface area contributed by atoms with Crippen LogP contribution in [0.5, 0.6) is 0 Å². The Morgan fingerprint density at radius 2 is 2.53 bits per heavy atom. The van der Waals surface area contributed by atoms with Gasteiger partial charge >= 0.3 is 0 Å². The van der Waals surface area contributed by atoms with Crippen LogP contribution in [-0.4, -0.2) is 5.11 Å². The molecule has 0 amide bonds. The molecule has 1 aromatic heterocycles. The zero-order valence-corrected chi connectivity index (χ0v) is 10.2. The highest BCUT2D eigenvalue weighted by molar-refractivity contribution is 5.15. The van der Waals surface area contributed by atoms with Gasteiger partial charge in [-0.05, 0) is 30.9 Å². The molecule has 17 heavy (non-hydrogen) atoms. The lowest BCUT2D eigenvalue weighted by Gasteiger charge is -2.38. The van der Waals surface area contributed by atoms with Crippen molar-refractivity contribution in [1.82, 2.24) is 0 Å². The van der Waals surface area contributed by atoms with Crippen molar-refractivity contribution in [2.24, 2.45) is 11.3 Å². The third kappa shape index (κ3) is 2.23. The van der Waals surface area contributed by atoms with Crippen molar-refractivity contribution in [2.45, 2.75) is 45.1 Å². The van der Waals surface area contributed by atoms with Gasteiger partial charge in [0.15, 0.2) is 0 Å². The van der Waals surface area contributed by atoms with Gasteiger partial charge in [-0.2, -0.15) is 5.26 Å². The Bertz CT molecular complexity index is 393. The van der Waals surface area contributed by atoms with Gasteiger partial charge in [0.05, 0.1) is 17.7 Å². The lowest BCUT2D eigenvalue weighted by Crippen LogP contribution is -2.33. The van der Waals surface area contributed by atoms with E-state index in [0.717, 1.165) is 25.7 Å². The maximum absolute atomic E-state index is 10.4. The first-order chi connectivity index (χ1) is 8.22. The molecule has 3 heteroatoms. The molecular weight excluding hydrogens is 214 g/mol. The predicted octanol–water partition coefficient (Wildman–Crippen LogP) is 3.42. The van der Waals surface area contributed by atoms with Gasteiger partial charge < -0.3 is 9.52 Å². The van der Waals surface area contributed by atoms with Gasteiger partial charge in [0.1, 0.15) is 11.9 Å². The molecule has 0 spiro atoms. The maximum atomic E-state index is 10.4. The van der Waals surface area contributed by atoms with E-state index in [1.165, 1.54) is 6.42 Å². The fourth-order valence-corrected chi connectivity index (χ4v) is 2.90. The first kappa shape index (κ1) is 12.2. The summed E-state index contributed by atoms with van der Waals surface area (Å²) in [5.41, 5.74) is -0.656. The zero-order valence-electron chi connectivity index (χ0n) is 10.2. The molecule has 1 aliphatic rings. The quantitative estimate of drug-likeness (QED) is 0.870. The van der Waals surface area contributed by atoms with Crippen molar-refractivity contribution < 1.29 is 9.52 Å². The maximum Gasteiger partial charge on any atom is 0.133 e. The van der Waals surface area contributed by atoms with Crippen LogP contribution in [0.2, 0.25) is 0 Å². The average Bonchev–Trinajstić information content (AvgIpc) is 2.91. The molecule has 1 heterocycles. The normalized spacial score (nSPS) is 30.8. The van der Waals surface area contributed by atoms with E-state index in [-0.39, 0.29) is 0 Å². The van der Waals surface area contributed by atoms with Gasteiger partial charge in [0.2, 0.25) is 0 Å². The number of aliphatic hydroxyl groups excluding tert-OH is 1. The molecule has 92 valence electrons. The summed E-state index contributed by atoms with van der Waals surface area (Å²) >= 11 is 0. The number of rotatable bonds is 3. The molecule has 3 nitrogen and oxygen atoms in total. The van der Waals surface area contributed by atoms with Gasteiger partial charge in [-0.25, -0.2) is 0 Å². The van der Waals surface area contributed by atoms with E-state index in [4.69, 9.17) is 4.42 Å². The molecule has 0 bridgehead atoms.